The number of rotatable bonds is 8. The maximum atomic E-state index is 6.18. The van der Waals surface area contributed by atoms with E-state index in [1.54, 1.807) is 6.20 Å². The predicted octanol–water partition coefficient (Wildman–Crippen LogP) is 6.67. The first kappa shape index (κ1) is 26.3. The summed E-state index contributed by atoms with van der Waals surface area (Å²) in [5.74, 6) is 2.79. The van der Waals surface area contributed by atoms with E-state index in [-0.39, 0.29) is 11.5 Å². The second-order valence-electron chi connectivity index (χ2n) is 8.92. The molecule has 2 aliphatic rings. The number of hydrogen-bond acceptors (Lipinski definition) is 5. The van der Waals surface area contributed by atoms with E-state index in [1.807, 2.05) is 26.8 Å². The van der Waals surface area contributed by atoms with Gasteiger partial charge in [0.1, 0.15) is 11.9 Å². The summed E-state index contributed by atoms with van der Waals surface area (Å²) in [5.41, 5.74) is 2.41. The zero-order valence-electron chi connectivity index (χ0n) is 21.6. The molecule has 0 radical (unpaired) electrons. The van der Waals surface area contributed by atoms with E-state index in [2.05, 4.69) is 58.5 Å². The van der Waals surface area contributed by atoms with Crippen molar-refractivity contribution in [3.8, 4) is 5.88 Å². The van der Waals surface area contributed by atoms with Crippen molar-refractivity contribution in [1.29, 1.82) is 0 Å². The number of nitrogens with zero attached hydrogens (tertiary/aromatic N) is 5. The molecule has 2 aromatic rings. The van der Waals surface area contributed by atoms with Gasteiger partial charge in [0, 0.05) is 44.2 Å². The van der Waals surface area contributed by atoms with E-state index in [0.717, 1.165) is 69.1 Å². The summed E-state index contributed by atoms with van der Waals surface area (Å²) in [6.07, 6.45) is 13.6. The Balaban J connectivity index is 0.00000158. The lowest BCUT2D eigenvalue weighted by atomic mass is 9.95. The summed E-state index contributed by atoms with van der Waals surface area (Å²) in [4.78, 5) is 6.71. The standard InChI is InChI=1S/C25H34ClN5O.C2H6/c1-5-7-8-9-19(4)25(12-13-25)23-28-29-24(31(23)6-2)30-14-10-21(11-15-30)32-22-18(3)16-20(26)17-27-22;1-2/h7-9,16-17,21H,5-6,10-15H2,1-4H3;1-2H3/b8-7-,19-9+;. The molecule has 1 aliphatic carbocycles. The van der Waals surface area contributed by atoms with Crippen LogP contribution >= 0.6 is 11.6 Å². The van der Waals surface area contributed by atoms with E-state index in [9.17, 15) is 0 Å². The van der Waals surface area contributed by atoms with Crippen molar-refractivity contribution in [3.05, 3.63) is 52.5 Å². The van der Waals surface area contributed by atoms with Crippen molar-refractivity contribution in [1.82, 2.24) is 19.7 Å². The van der Waals surface area contributed by atoms with Crippen LogP contribution in [0.1, 0.15) is 78.1 Å². The van der Waals surface area contributed by atoms with Crippen LogP contribution in [0.3, 0.4) is 0 Å². The first-order chi connectivity index (χ1) is 16.5. The number of allylic oxidation sites excluding steroid dienone is 4. The number of pyridine rings is 1. The molecule has 0 atom stereocenters. The predicted molar refractivity (Wildman–Crippen MR) is 141 cm³/mol. The minimum Gasteiger partial charge on any atom is -0.474 e. The third kappa shape index (κ3) is 5.65. The smallest absolute Gasteiger partial charge is 0.227 e. The van der Waals surface area contributed by atoms with Gasteiger partial charge in [-0.15, -0.1) is 10.2 Å². The van der Waals surface area contributed by atoms with Crippen molar-refractivity contribution < 1.29 is 4.74 Å². The highest BCUT2D eigenvalue weighted by atomic mass is 35.5. The van der Waals surface area contributed by atoms with E-state index < -0.39 is 0 Å². The molecule has 186 valence electrons. The summed E-state index contributed by atoms with van der Waals surface area (Å²) in [6, 6.07) is 1.90. The molecular formula is C27H40ClN5O. The summed E-state index contributed by atoms with van der Waals surface area (Å²) < 4.78 is 8.50. The van der Waals surface area contributed by atoms with Crippen LogP contribution in [0.15, 0.2) is 36.1 Å². The molecule has 6 nitrogen and oxygen atoms in total. The number of ether oxygens (including phenoxy) is 1. The molecule has 7 heteroatoms. The number of piperidine rings is 1. The normalized spacial score (nSPS) is 18.1. The van der Waals surface area contributed by atoms with Gasteiger partial charge in [-0.3, -0.25) is 4.57 Å². The third-order valence-electron chi connectivity index (χ3n) is 6.70. The fraction of sp³-hybridized carbons (Fsp3) is 0.593. The highest BCUT2D eigenvalue weighted by Crippen LogP contribution is 2.53. The van der Waals surface area contributed by atoms with Gasteiger partial charge in [-0.1, -0.05) is 56.2 Å². The number of anilines is 1. The summed E-state index contributed by atoms with van der Waals surface area (Å²) >= 11 is 6.02. The van der Waals surface area contributed by atoms with E-state index in [1.165, 1.54) is 5.57 Å². The topological polar surface area (TPSA) is 56.1 Å². The maximum Gasteiger partial charge on any atom is 0.227 e. The van der Waals surface area contributed by atoms with Crippen LogP contribution in [0, 0.1) is 6.92 Å². The van der Waals surface area contributed by atoms with Gasteiger partial charge in [0.2, 0.25) is 11.8 Å². The Morgan fingerprint density at radius 3 is 2.50 bits per heavy atom. The minimum atomic E-state index is 0.0541. The fourth-order valence-corrected chi connectivity index (χ4v) is 4.80. The van der Waals surface area contributed by atoms with Gasteiger partial charge in [-0.2, -0.15) is 0 Å². The van der Waals surface area contributed by atoms with Crippen LogP contribution in [-0.4, -0.2) is 38.9 Å². The van der Waals surface area contributed by atoms with Gasteiger partial charge in [0.15, 0.2) is 0 Å². The second-order valence-corrected chi connectivity index (χ2v) is 9.35. The molecule has 1 aliphatic heterocycles. The minimum absolute atomic E-state index is 0.0541. The zero-order valence-corrected chi connectivity index (χ0v) is 22.4. The molecule has 3 heterocycles. The average molecular weight is 486 g/mol. The maximum absolute atomic E-state index is 6.18. The lowest BCUT2D eigenvalue weighted by Crippen LogP contribution is -2.40. The fourth-order valence-electron chi connectivity index (χ4n) is 4.58. The molecule has 1 saturated carbocycles. The summed E-state index contributed by atoms with van der Waals surface area (Å²) in [5, 5.41) is 10.00. The van der Waals surface area contributed by atoms with Crippen LogP contribution in [0.4, 0.5) is 5.95 Å². The molecule has 0 amide bonds. The first-order valence-corrected chi connectivity index (χ1v) is 13.2. The molecule has 0 spiro atoms. The SMILES string of the molecule is CC.CC/C=C\C=C(/C)C1(c2nnc(N3CCC(Oc4ncc(Cl)cc4C)CC3)n2CC)CC1. The molecule has 2 fully saturated rings. The van der Waals surface area contributed by atoms with Crippen LogP contribution in [0.2, 0.25) is 5.02 Å². The van der Waals surface area contributed by atoms with E-state index in [0.29, 0.717) is 10.9 Å². The van der Waals surface area contributed by atoms with Crippen molar-refractivity contribution >= 4 is 17.5 Å². The Hall–Kier alpha value is -2.34. The van der Waals surface area contributed by atoms with Gasteiger partial charge in [0.25, 0.3) is 0 Å². The van der Waals surface area contributed by atoms with Crippen LogP contribution in [0.25, 0.3) is 0 Å². The van der Waals surface area contributed by atoms with Crippen molar-refractivity contribution in [3.63, 3.8) is 0 Å². The molecule has 0 N–H and O–H groups in total. The van der Waals surface area contributed by atoms with Gasteiger partial charge in [-0.05, 0) is 46.1 Å². The Bertz CT molecular complexity index is 1000. The van der Waals surface area contributed by atoms with Gasteiger partial charge >= 0.3 is 0 Å². The first-order valence-electron chi connectivity index (χ1n) is 12.8. The van der Waals surface area contributed by atoms with Crippen LogP contribution < -0.4 is 9.64 Å². The highest BCUT2D eigenvalue weighted by Gasteiger charge is 2.50. The lowest BCUT2D eigenvalue weighted by molar-refractivity contribution is 0.162. The van der Waals surface area contributed by atoms with E-state index in [4.69, 9.17) is 21.4 Å². The quantitative estimate of drug-likeness (QED) is 0.390. The molecule has 1 saturated heterocycles. The number of aryl methyl sites for hydroxylation is 1. The number of halogens is 1. The monoisotopic (exact) mass is 485 g/mol. The molecule has 2 aromatic heterocycles. The van der Waals surface area contributed by atoms with Crippen LogP contribution in [0.5, 0.6) is 5.88 Å². The summed E-state index contributed by atoms with van der Waals surface area (Å²) in [7, 11) is 0. The Labute approximate surface area is 210 Å². The van der Waals surface area contributed by atoms with Crippen molar-refractivity contribution in [2.24, 2.45) is 0 Å². The van der Waals surface area contributed by atoms with Gasteiger partial charge in [0.05, 0.1) is 10.4 Å². The molecule has 4 rings (SSSR count). The van der Waals surface area contributed by atoms with Gasteiger partial charge < -0.3 is 9.64 Å². The second kappa shape index (κ2) is 11.9. The summed E-state index contributed by atoms with van der Waals surface area (Å²) in [6.45, 7) is 15.2. The van der Waals surface area contributed by atoms with E-state index >= 15 is 0 Å². The number of hydrogen-bond donors (Lipinski definition) is 0. The van der Waals surface area contributed by atoms with Crippen LogP contribution in [-0.2, 0) is 12.0 Å². The largest absolute Gasteiger partial charge is 0.474 e. The third-order valence-corrected chi connectivity index (χ3v) is 6.91. The zero-order chi connectivity index (χ0) is 24.7. The van der Waals surface area contributed by atoms with Gasteiger partial charge in [-0.25, -0.2) is 4.98 Å². The molecule has 0 unspecified atom stereocenters. The average Bonchev–Trinajstić information content (AvgIpc) is 3.55. The Kier molecular flexibility index (Phi) is 9.17. The Morgan fingerprint density at radius 2 is 1.91 bits per heavy atom. The highest BCUT2D eigenvalue weighted by molar-refractivity contribution is 6.30. The van der Waals surface area contributed by atoms with Crippen molar-refractivity contribution in [2.75, 3.05) is 18.0 Å². The molecule has 0 aromatic carbocycles. The number of aromatic nitrogens is 4. The molecule has 34 heavy (non-hydrogen) atoms. The molecular weight excluding hydrogens is 446 g/mol. The molecule has 0 bridgehead atoms. The Morgan fingerprint density at radius 1 is 1.21 bits per heavy atom. The van der Waals surface area contributed by atoms with Crippen molar-refractivity contribution in [2.45, 2.75) is 91.7 Å². The lowest BCUT2D eigenvalue weighted by Gasteiger charge is -2.33.